The van der Waals surface area contributed by atoms with Gasteiger partial charge in [0.05, 0.1) is 7.11 Å². The third-order valence-electron chi connectivity index (χ3n) is 2.13. The molecule has 1 aromatic carbocycles. The summed E-state index contributed by atoms with van der Waals surface area (Å²) in [4.78, 5) is 14.3. The van der Waals surface area contributed by atoms with Crippen LogP contribution in [0.2, 0.25) is 0 Å². The number of methoxy groups -OCH3 is 1. The highest BCUT2D eigenvalue weighted by Gasteiger charge is 2.08. The molecule has 0 atom stereocenters. The SMILES string of the molecule is COc1ccccc1Cc1noc(C=O)n1. The van der Waals surface area contributed by atoms with Crippen LogP contribution in [-0.4, -0.2) is 23.5 Å². The Morgan fingerprint density at radius 3 is 2.94 bits per heavy atom. The zero-order valence-corrected chi connectivity index (χ0v) is 8.71. The lowest BCUT2D eigenvalue weighted by molar-refractivity contribution is 0.108. The molecule has 0 N–H and O–H groups in total. The predicted molar refractivity (Wildman–Crippen MR) is 55.5 cm³/mol. The molecule has 2 aromatic rings. The molecule has 1 aromatic heterocycles. The topological polar surface area (TPSA) is 65.2 Å². The summed E-state index contributed by atoms with van der Waals surface area (Å²) in [6, 6.07) is 7.56. The molecule has 5 nitrogen and oxygen atoms in total. The van der Waals surface area contributed by atoms with Crippen molar-refractivity contribution in [3.63, 3.8) is 0 Å². The molecule has 0 saturated carbocycles. The Balaban J connectivity index is 2.22. The van der Waals surface area contributed by atoms with Gasteiger partial charge >= 0.3 is 0 Å². The molecule has 0 amide bonds. The number of aromatic nitrogens is 2. The first kappa shape index (κ1) is 10.4. The largest absolute Gasteiger partial charge is 0.496 e. The van der Waals surface area contributed by atoms with E-state index in [1.807, 2.05) is 24.3 Å². The number of hydrogen-bond acceptors (Lipinski definition) is 5. The zero-order chi connectivity index (χ0) is 11.4. The number of para-hydroxylation sites is 1. The van der Waals surface area contributed by atoms with Gasteiger partial charge in [-0.25, -0.2) is 0 Å². The van der Waals surface area contributed by atoms with Crippen LogP contribution in [0.3, 0.4) is 0 Å². The van der Waals surface area contributed by atoms with Crippen LogP contribution in [0.4, 0.5) is 0 Å². The minimum absolute atomic E-state index is 0.00935. The van der Waals surface area contributed by atoms with E-state index in [4.69, 9.17) is 4.74 Å². The van der Waals surface area contributed by atoms with Crippen molar-refractivity contribution in [1.29, 1.82) is 0 Å². The molecule has 1 heterocycles. The maximum Gasteiger partial charge on any atom is 0.290 e. The van der Waals surface area contributed by atoms with Crippen LogP contribution in [-0.2, 0) is 6.42 Å². The van der Waals surface area contributed by atoms with Gasteiger partial charge < -0.3 is 9.26 Å². The van der Waals surface area contributed by atoms with Crippen molar-refractivity contribution in [3.8, 4) is 5.75 Å². The van der Waals surface area contributed by atoms with Gasteiger partial charge in [-0.15, -0.1) is 0 Å². The smallest absolute Gasteiger partial charge is 0.290 e. The fraction of sp³-hybridized carbons (Fsp3) is 0.182. The summed E-state index contributed by atoms with van der Waals surface area (Å²) in [5.41, 5.74) is 0.947. The molecule has 0 aliphatic carbocycles. The van der Waals surface area contributed by atoms with Crippen LogP contribution in [0.5, 0.6) is 5.75 Å². The maximum atomic E-state index is 10.4. The molecule has 0 bridgehead atoms. The molecule has 2 rings (SSSR count). The van der Waals surface area contributed by atoms with Crippen molar-refractivity contribution in [3.05, 3.63) is 41.5 Å². The number of aldehydes is 1. The molecule has 0 aliphatic heterocycles. The summed E-state index contributed by atoms with van der Waals surface area (Å²) in [5, 5.41) is 3.68. The van der Waals surface area contributed by atoms with Gasteiger partial charge in [0.15, 0.2) is 5.82 Å². The summed E-state index contributed by atoms with van der Waals surface area (Å²) >= 11 is 0. The zero-order valence-electron chi connectivity index (χ0n) is 8.71. The Labute approximate surface area is 92.0 Å². The quantitative estimate of drug-likeness (QED) is 0.727. The van der Waals surface area contributed by atoms with E-state index in [1.54, 1.807) is 7.11 Å². The van der Waals surface area contributed by atoms with Crippen LogP contribution in [0.1, 0.15) is 22.1 Å². The predicted octanol–water partition coefficient (Wildman–Crippen LogP) is 1.48. The summed E-state index contributed by atoms with van der Waals surface area (Å²) in [7, 11) is 1.60. The Morgan fingerprint density at radius 1 is 1.44 bits per heavy atom. The van der Waals surface area contributed by atoms with Gasteiger partial charge in [-0.1, -0.05) is 23.4 Å². The van der Waals surface area contributed by atoms with Crippen molar-refractivity contribution in [2.75, 3.05) is 7.11 Å². The standard InChI is InChI=1S/C11H10N2O3/c1-15-9-5-3-2-4-8(9)6-10-12-11(7-14)16-13-10/h2-5,7H,6H2,1H3. The maximum absolute atomic E-state index is 10.4. The third kappa shape index (κ3) is 2.08. The van der Waals surface area contributed by atoms with Crippen LogP contribution in [0.25, 0.3) is 0 Å². The molecule has 0 unspecified atom stereocenters. The monoisotopic (exact) mass is 218 g/mol. The van der Waals surface area contributed by atoms with Crippen LogP contribution in [0.15, 0.2) is 28.8 Å². The number of carbonyl (C=O) groups excluding carboxylic acids is 1. The first-order valence-electron chi connectivity index (χ1n) is 4.73. The van der Waals surface area contributed by atoms with E-state index in [0.717, 1.165) is 11.3 Å². The van der Waals surface area contributed by atoms with Crippen molar-refractivity contribution >= 4 is 6.29 Å². The fourth-order valence-corrected chi connectivity index (χ4v) is 1.41. The summed E-state index contributed by atoms with van der Waals surface area (Å²) < 4.78 is 9.88. The molecule has 0 radical (unpaired) electrons. The van der Waals surface area contributed by atoms with Gasteiger partial charge in [0, 0.05) is 12.0 Å². The molecular formula is C11H10N2O3. The minimum atomic E-state index is -0.00935. The number of hydrogen-bond donors (Lipinski definition) is 0. The number of ether oxygens (including phenoxy) is 1. The van der Waals surface area contributed by atoms with Gasteiger partial charge in [-0.2, -0.15) is 4.98 Å². The van der Waals surface area contributed by atoms with E-state index in [-0.39, 0.29) is 5.89 Å². The number of carbonyl (C=O) groups is 1. The molecule has 0 saturated heterocycles. The van der Waals surface area contributed by atoms with Crippen LogP contribution in [0, 0.1) is 0 Å². The Bertz CT molecular complexity index is 493. The molecule has 5 heteroatoms. The van der Waals surface area contributed by atoms with E-state index in [2.05, 4.69) is 14.7 Å². The third-order valence-corrected chi connectivity index (χ3v) is 2.13. The summed E-state index contributed by atoms with van der Waals surface area (Å²) in [5.74, 6) is 1.22. The van der Waals surface area contributed by atoms with E-state index in [1.165, 1.54) is 0 Å². The van der Waals surface area contributed by atoms with Gasteiger partial charge in [0.1, 0.15) is 5.75 Å². The van der Waals surface area contributed by atoms with Gasteiger partial charge in [0.2, 0.25) is 6.29 Å². The summed E-state index contributed by atoms with van der Waals surface area (Å²) in [6.45, 7) is 0. The molecular weight excluding hydrogens is 208 g/mol. The first-order chi connectivity index (χ1) is 7.83. The second-order valence-electron chi connectivity index (χ2n) is 3.16. The van der Waals surface area contributed by atoms with Gasteiger partial charge in [-0.05, 0) is 6.07 Å². The lowest BCUT2D eigenvalue weighted by atomic mass is 10.1. The second kappa shape index (κ2) is 4.57. The molecule has 0 fully saturated rings. The Hall–Kier alpha value is -2.17. The van der Waals surface area contributed by atoms with Crippen LogP contribution < -0.4 is 4.74 Å². The average Bonchev–Trinajstić information content (AvgIpc) is 2.77. The normalized spacial score (nSPS) is 10.1. The summed E-state index contributed by atoms with van der Waals surface area (Å²) in [6.07, 6.45) is 1.00. The fourth-order valence-electron chi connectivity index (χ4n) is 1.41. The van der Waals surface area contributed by atoms with Crippen molar-refractivity contribution in [2.45, 2.75) is 6.42 Å². The number of nitrogens with zero attached hydrogens (tertiary/aromatic N) is 2. The van der Waals surface area contributed by atoms with E-state index in [0.29, 0.717) is 18.5 Å². The second-order valence-corrected chi connectivity index (χ2v) is 3.16. The Kier molecular flexibility index (Phi) is 2.95. The van der Waals surface area contributed by atoms with Gasteiger partial charge in [0.25, 0.3) is 5.89 Å². The van der Waals surface area contributed by atoms with Gasteiger partial charge in [-0.3, -0.25) is 4.79 Å². The first-order valence-corrected chi connectivity index (χ1v) is 4.73. The lowest BCUT2D eigenvalue weighted by Gasteiger charge is -2.04. The van der Waals surface area contributed by atoms with Crippen molar-refractivity contribution in [2.24, 2.45) is 0 Å². The lowest BCUT2D eigenvalue weighted by Crippen LogP contribution is -1.95. The number of rotatable bonds is 4. The average molecular weight is 218 g/mol. The molecule has 82 valence electrons. The van der Waals surface area contributed by atoms with E-state index >= 15 is 0 Å². The molecule has 0 aliphatic rings. The Morgan fingerprint density at radius 2 is 2.25 bits per heavy atom. The van der Waals surface area contributed by atoms with Crippen molar-refractivity contribution < 1.29 is 14.1 Å². The number of benzene rings is 1. The highest BCUT2D eigenvalue weighted by atomic mass is 16.5. The van der Waals surface area contributed by atoms with Crippen LogP contribution >= 0.6 is 0 Å². The molecule has 16 heavy (non-hydrogen) atoms. The van der Waals surface area contributed by atoms with E-state index < -0.39 is 0 Å². The minimum Gasteiger partial charge on any atom is -0.496 e. The highest BCUT2D eigenvalue weighted by Crippen LogP contribution is 2.19. The van der Waals surface area contributed by atoms with Crippen molar-refractivity contribution in [1.82, 2.24) is 10.1 Å². The molecule has 0 spiro atoms. The van der Waals surface area contributed by atoms with E-state index in [9.17, 15) is 4.79 Å². The highest BCUT2D eigenvalue weighted by molar-refractivity contribution is 5.66.